The summed E-state index contributed by atoms with van der Waals surface area (Å²) in [7, 11) is -1.48. The van der Waals surface area contributed by atoms with Gasteiger partial charge >= 0.3 is 0 Å². The molecule has 1 aliphatic heterocycles. The predicted molar refractivity (Wildman–Crippen MR) is 103 cm³/mol. The van der Waals surface area contributed by atoms with Crippen molar-refractivity contribution >= 4 is 10.0 Å². The zero-order chi connectivity index (χ0) is 18.9. The van der Waals surface area contributed by atoms with Crippen molar-refractivity contribution < 1.29 is 8.42 Å². The van der Waals surface area contributed by atoms with Crippen LogP contribution in [0.2, 0.25) is 0 Å². The van der Waals surface area contributed by atoms with Crippen LogP contribution in [0.25, 0.3) is 0 Å². The molecule has 0 bridgehead atoms. The number of hydrogen-bond donors (Lipinski definition) is 0. The third-order valence-electron chi connectivity index (χ3n) is 5.25. The van der Waals surface area contributed by atoms with Gasteiger partial charge in [-0.15, -0.1) is 0 Å². The quantitative estimate of drug-likeness (QED) is 0.804. The molecule has 0 amide bonds. The smallest absolute Gasteiger partial charge is 0.243 e. The van der Waals surface area contributed by atoms with Gasteiger partial charge in [-0.1, -0.05) is 26.0 Å². The highest BCUT2D eigenvalue weighted by atomic mass is 32.2. The molecule has 142 valence electrons. The molecule has 3 rings (SSSR count). The number of hydrogen-bond acceptors (Lipinski definition) is 4. The number of rotatable bonds is 5. The van der Waals surface area contributed by atoms with Crippen molar-refractivity contribution in [1.82, 2.24) is 19.0 Å². The minimum atomic E-state index is -3.41. The maximum absolute atomic E-state index is 12.9. The lowest BCUT2D eigenvalue weighted by Gasteiger charge is -2.33. The number of aryl methyl sites for hydroxylation is 1. The molecule has 0 N–H and O–H groups in total. The van der Waals surface area contributed by atoms with Gasteiger partial charge in [-0.05, 0) is 30.5 Å². The molecule has 1 aromatic carbocycles. The minimum Gasteiger partial charge on any atom is -0.296 e. The van der Waals surface area contributed by atoms with E-state index < -0.39 is 10.0 Å². The van der Waals surface area contributed by atoms with Gasteiger partial charge in [-0.25, -0.2) is 8.42 Å². The van der Waals surface area contributed by atoms with E-state index in [1.165, 1.54) is 5.56 Å². The number of aromatic nitrogens is 2. The van der Waals surface area contributed by atoms with Crippen LogP contribution < -0.4 is 0 Å². The fourth-order valence-electron chi connectivity index (χ4n) is 3.24. The van der Waals surface area contributed by atoms with Gasteiger partial charge in [0.05, 0.1) is 11.1 Å². The first-order chi connectivity index (χ1) is 12.3. The van der Waals surface area contributed by atoms with Crippen LogP contribution in [0, 0.1) is 6.92 Å². The Morgan fingerprint density at radius 3 is 2.19 bits per heavy atom. The second-order valence-electron chi connectivity index (χ2n) is 7.28. The van der Waals surface area contributed by atoms with Crippen molar-refractivity contribution in [3.8, 4) is 0 Å². The Balaban J connectivity index is 1.64. The normalized spacial score (nSPS) is 17.1. The lowest BCUT2D eigenvalue weighted by atomic mass is 10.0. The minimum absolute atomic E-state index is 0.387. The van der Waals surface area contributed by atoms with E-state index in [0.29, 0.717) is 23.9 Å². The Bertz CT molecular complexity index is 848. The first kappa shape index (κ1) is 19.1. The molecule has 2 heterocycles. The van der Waals surface area contributed by atoms with Crippen LogP contribution in [0.4, 0.5) is 0 Å². The highest BCUT2D eigenvalue weighted by Crippen LogP contribution is 2.22. The molecule has 1 saturated heterocycles. The topological polar surface area (TPSA) is 58.4 Å². The molecule has 1 fully saturated rings. The monoisotopic (exact) mass is 376 g/mol. The van der Waals surface area contributed by atoms with E-state index in [4.69, 9.17) is 0 Å². The van der Waals surface area contributed by atoms with E-state index in [-0.39, 0.29) is 0 Å². The van der Waals surface area contributed by atoms with Gasteiger partial charge in [0, 0.05) is 51.0 Å². The largest absolute Gasteiger partial charge is 0.296 e. The van der Waals surface area contributed by atoms with Crippen LogP contribution in [0.1, 0.15) is 36.6 Å². The van der Waals surface area contributed by atoms with Crippen molar-refractivity contribution in [3.05, 3.63) is 47.3 Å². The van der Waals surface area contributed by atoms with E-state index in [9.17, 15) is 8.42 Å². The Morgan fingerprint density at radius 1 is 1.08 bits per heavy atom. The van der Waals surface area contributed by atoms with Crippen LogP contribution in [-0.2, 0) is 23.6 Å². The highest BCUT2D eigenvalue weighted by Gasteiger charge is 2.28. The number of benzene rings is 1. The summed E-state index contributed by atoms with van der Waals surface area (Å²) in [5.74, 6) is 0.395. The van der Waals surface area contributed by atoms with Gasteiger partial charge in [-0.2, -0.15) is 9.40 Å². The SMILES string of the molecule is Cc1c(CN2CCN(S(=O)(=O)c3ccc(C(C)C)cc3)CC2)cnn1C. The molecule has 0 saturated carbocycles. The standard InChI is InChI=1S/C19H28N4O2S/c1-15(2)17-5-7-19(8-6-17)26(24,25)23-11-9-22(10-12-23)14-18-13-20-21(4)16(18)3/h5-8,13,15H,9-12,14H2,1-4H3. The summed E-state index contributed by atoms with van der Waals surface area (Å²) in [4.78, 5) is 2.68. The summed E-state index contributed by atoms with van der Waals surface area (Å²) in [6, 6.07) is 7.30. The van der Waals surface area contributed by atoms with Crippen molar-refractivity contribution in [2.75, 3.05) is 26.2 Å². The maximum atomic E-state index is 12.9. The molecule has 0 radical (unpaired) electrons. The fraction of sp³-hybridized carbons (Fsp3) is 0.526. The molecule has 1 aromatic heterocycles. The summed E-state index contributed by atoms with van der Waals surface area (Å²) in [6.07, 6.45) is 1.90. The van der Waals surface area contributed by atoms with Gasteiger partial charge in [0.1, 0.15) is 0 Å². The van der Waals surface area contributed by atoms with Crippen LogP contribution in [0.5, 0.6) is 0 Å². The second-order valence-corrected chi connectivity index (χ2v) is 9.22. The summed E-state index contributed by atoms with van der Waals surface area (Å²) in [5.41, 5.74) is 3.51. The first-order valence-electron chi connectivity index (χ1n) is 9.09. The van der Waals surface area contributed by atoms with E-state index in [2.05, 4.69) is 30.8 Å². The Labute approximate surface area is 156 Å². The van der Waals surface area contributed by atoms with Gasteiger partial charge in [0.15, 0.2) is 0 Å². The Morgan fingerprint density at radius 2 is 1.69 bits per heavy atom. The molecule has 6 nitrogen and oxygen atoms in total. The summed E-state index contributed by atoms with van der Waals surface area (Å²) >= 11 is 0. The van der Waals surface area contributed by atoms with E-state index in [1.54, 1.807) is 16.4 Å². The molecular weight excluding hydrogens is 348 g/mol. The van der Waals surface area contributed by atoms with Crippen LogP contribution >= 0.6 is 0 Å². The molecule has 7 heteroatoms. The summed E-state index contributed by atoms with van der Waals surface area (Å²) in [5, 5.41) is 4.28. The van der Waals surface area contributed by atoms with Crippen LogP contribution in [0.3, 0.4) is 0 Å². The second kappa shape index (κ2) is 7.50. The van der Waals surface area contributed by atoms with E-state index in [0.717, 1.165) is 30.9 Å². The Kier molecular flexibility index (Phi) is 5.50. The number of nitrogens with zero attached hydrogens (tertiary/aromatic N) is 4. The molecule has 1 aliphatic rings. The lowest BCUT2D eigenvalue weighted by molar-refractivity contribution is 0.181. The molecule has 0 atom stereocenters. The average Bonchev–Trinajstić information content (AvgIpc) is 2.94. The third-order valence-corrected chi connectivity index (χ3v) is 7.16. The van der Waals surface area contributed by atoms with Gasteiger partial charge in [0.2, 0.25) is 10.0 Å². The molecular formula is C19H28N4O2S. The lowest BCUT2D eigenvalue weighted by Crippen LogP contribution is -2.48. The summed E-state index contributed by atoms with van der Waals surface area (Å²) in [6.45, 7) is 9.59. The zero-order valence-electron chi connectivity index (χ0n) is 16.0. The molecule has 26 heavy (non-hydrogen) atoms. The number of piperazine rings is 1. The average molecular weight is 377 g/mol. The maximum Gasteiger partial charge on any atom is 0.243 e. The Hall–Kier alpha value is -1.70. The number of sulfonamides is 1. The van der Waals surface area contributed by atoms with Crippen molar-refractivity contribution in [3.63, 3.8) is 0 Å². The van der Waals surface area contributed by atoms with Gasteiger partial charge in [-0.3, -0.25) is 9.58 Å². The summed E-state index contributed by atoms with van der Waals surface area (Å²) < 4.78 is 29.2. The molecule has 0 spiro atoms. The van der Waals surface area contributed by atoms with Crippen molar-refractivity contribution in [2.24, 2.45) is 7.05 Å². The highest BCUT2D eigenvalue weighted by molar-refractivity contribution is 7.89. The molecule has 0 aliphatic carbocycles. The van der Waals surface area contributed by atoms with Crippen molar-refractivity contribution in [2.45, 2.75) is 38.1 Å². The predicted octanol–water partition coefficient (Wildman–Crippen LogP) is 2.36. The zero-order valence-corrected chi connectivity index (χ0v) is 16.8. The van der Waals surface area contributed by atoms with Gasteiger partial charge < -0.3 is 0 Å². The molecule has 0 unspecified atom stereocenters. The first-order valence-corrected chi connectivity index (χ1v) is 10.5. The van der Waals surface area contributed by atoms with Crippen LogP contribution in [0.15, 0.2) is 35.4 Å². The molecule has 2 aromatic rings. The van der Waals surface area contributed by atoms with Crippen LogP contribution in [-0.4, -0.2) is 53.6 Å². The van der Waals surface area contributed by atoms with E-state index >= 15 is 0 Å². The van der Waals surface area contributed by atoms with E-state index in [1.807, 2.05) is 30.1 Å². The van der Waals surface area contributed by atoms with Gasteiger partial charge in [0.25, 0.3) is 0 Å². The third kappa shape index (κ3) is 3.84. The van der Waals surface area contributed by atoms with Crippen molar-refractivity contribution in [1.29, 1.82) is 0 Å². The fourth-order valence-corrected chi connectivity index (χ4v) is 4.66.